The number of aromatic nitrogens is 1. The number of aliphatic carboxylic acids is 1. The van der Waals surface area contributed by atoms with Gasteiger partial charge in [0.25, 0.3) is 5.91 Å². The number of pyridine rings is 1. The van der Waals surface area contributed by atoms with Crippen molar-refractivity contribution in [3.8, 4) is 5.88 Å². The summed E-state index contributed by atoms with van der Waals surface area (Å²) in [5.74, 6) is 1.57. The van der Waals surface area contributed by atoms with Crippen molar-refractivity contribution in [3.05, 3.63) is 23.4 Å². The minimum Gasteiger partial charge on any atom is -0.480 e. The number of ether oxygens (including phenoxy) is 1. The molecule has 25 heavy (non-hydrogen) atoms. The highest BCUT2D eigenvalue weighted by Gasteiger charge is 2.35. The maximum absolute atomic E-state index is 12.8. The molecule has 1 N–H and O–H groups in total. The topological polar surface area (TPSA) is 79.7 Å². The number of rotatable bonds is 6. The number of hydrogen-bond donors (Lipinski definition) is 1. The second-order valence-corrected chi connectivity index (χ2v) is 8.20. The Morgan fingerprint density at radius 1 is 1.28 bits per heavy atom. The molecule has 0 bridgehead atoms. The van der Waals surface area contributed by atoms with Crippen molar-refractivity contribution in [1.82, 2.24) is 9.88 Å². The molecule has 0 spiro atoms. The zero-order valence-electron chi connectivity index (χ0n) is 14.0. The molecule has 1 unspecified atom stereocenters. The fourth-order valence-corrected chi connectivity index (χ4v) is 4.11. The summed E-state index contributed by atoms with van der Waals surface area (Å²) in [7, 11) is 0. The molecular formula is C18H22N2O4S. The van der Waals surface area contributed by atoms with Crippen molar-refractivity contribution in [3.63, 3.8) is 0 Å². The Labute approximate surface area is 150 Å². The van der Waals surface area contributed by atoms with Gasteiger partial charge < -0.3 is 14.7 Å². The number of carboxylic acids is 1. The van der Waals surface area contributed by atoms with E-state index in [1.807, 2.05) is 6.07 Å². The smallest absolute Gasteiger partial charge is 0.327 e. The van der Waals surface area contributed by atoms with Gasteiger partial charge in [0.05, 0.1) is 6.61 Å². The SMILES string of the molecule is O=C(O)C1CSCCN1C(=O)c1ccc(C2CC2)c(OCC2CC2)n1. The number of carboxylic acid groups (broad SMARTS) is 1. The fourth-order valence-electron chi connectivity index (χ4n) is 3.07. The molecule has 7 heteroatoms. The van der Waals surface area contributed by atoms with Gasteiger partial charge in [0.15, 0.2) is 0 Å². The highest BCUT2D eigenvalue weighted by atomic mass is 32.2. The third kappa shape index (κ3) is 3.76. The Kier molecular flexibility index (Phi) is 4.58. The van der Waals surface area contributed by atoms with E-state index < -0.39 is 12.0 Å². The molecule has 0 radical (unpaired) electrons. The predicted molar refractivity (Wildman–Crippen MR) is 94.2 cm³/mol. The molecule has 1 amide bonds. The third-order valence-electron chi connectivity index (χ3n) is 4.95. The first-order valence-corrected chi connectivity index (χ1v) is 10.0. The average molecular weight is 362 g/mol. The molecule has 1 atom stereocenters. The van der Waals surface area contributed by atoms with E-state index in [4.69, 9.17) is 4.74 Å². The van der Waals surface area contributed by atoms with Crippen molar-refractivity contribution in [2.45, 2.75) is 37.6 Å². The Bertz CT molecular complexity index is 688. The van der Waals surface area contributed by atoms with Crippen LogP contribution in [0.4, 0.5) is 0 Å². The van der Waals surface area contributed by atoms with Gasteiger partial charge in [-0.15, -0.1) is 0 Å². The normalized spacial score (nSPS) is 23.4. The summed E-state index contributed by atoms with van der Waals surface area (Å²) in [6, 6.07) is 2.88. The summed E-state index contributed by atoms with van der Waals surface area (Å²) in [5.41, 5.74) is 1.37. The minimum atomic E-state index is -0.958. The van der Waals surface area contributed by atoms with Crippen LogP contribution >= 0.6 is 11.8 Å². The van der Waals surface area contributed by atoms with Crippen LogP contribution in [-0.4, -0.2) is 57.6 Å². The maximum Gasteiger partial charge on any atom is 0.327 e. The van der Waals surface area contributed by atoms with Crippen LogP contribution in [0.5, 0.6) is 5.88 Å². The van der Waals surface area contributed by atoms with Gasteiger partial charge in [-0.1, -0.05) is 6.07 Å². The van der Waals surface area contributed by atoms with E-state index in [2.05, 4.69) is 4.98 Å². The van der Waals surface area contributed by atoms with E-state index in [0.717, 1.165) is 24.2 Å². The Morgan fingerprint density at radius 3 is 2.76 bits per heavy atom. The summed E-state index contributed by atoms with van der Waals surface area (Å²) >= 11 is 1.56. The molecule has 1 aliphatic heterocycles. The predicted octanol–water partition coefficient (Wildman–Crippen LogP) is 2.39. The molecule has 6 nitrogen and oxygen atoms in total. The van der Waals surface area contributed by atoms with Crippen LogP contribution in [-0.2, 0) is 4.79 Å². The summed E-state index contributed by atoms with van der Waals surface area (Å²) in [6.45, 7) is 1.09. The lowest BCUT2D eigenvalue weighted by Gasteiger charge is -2.32. The number of amides is 1. The van der Waals surface area contributed by atoms with Crippen LogP contribution in [0.25, 0.3) is 0 Å². The van der Waals surface area contributed by atoms with Crippen LogP contribution in [0.15, 0.2) is 12.1 Å². The van der Waals surface area contributed by atoms with Crippen molar-refractivity contribution in [2.24, 2.45) is 5.92 Å². The van der Waals surface area contributed by atoms with E-state index in [-0.39, 0.29) is 11.6 Å². The van der Waals surface area contributed by atoms with Gasteiger partial charge >= 0.3 is 5.97 Å². The van der Waals surface area contributed by atoms with Crippen LogP contribution in [0.3, 0.4) is 0 Å². The van der Waals surface area contributed by atoms with Gasteiger partial charge in [-0.05, 0) is 43.6 Å². The zero-order valence-corrected chi connectivity index (χ0v) is 14.8. The van der Waals surface area contributed by atoms with Gasteiger partial charge in [0.2, 0.25) is 5.88 Å². The van der Waals surface area contributed by atoms with Gasteiger partial charge in [-0.3, -0.25) is 4.79 Å². The van der Waals surface area contributed by atoms with E-state index in [0.29, 0.717) is 36.6 Å². The fraction of sp³-hybridized carbons (Fsp3) is 0.611. The lowest BCUT2D eigenvalue weighted by molar-refractivity contribution is -0.141. The highest BCUT2D eigenvalue weighted by Crippen LogP contribution is 2.44. The summed E-state index contributed by atoms with van der Waals surface area (Å²) in [5, 5.41) is 9.38. The Hall–Kier alpha value is -1.76. The van der Waals surface area contributed by atoms with E-state index in [1.165, 1.54) is 17.7 Å². The van der Waals surface area contributed by atoms with Crippen LogP contribution < -0.4 is 4.74 Å². The molecule has 2 aliphatic carbocycles. The molecule has 1 aromatic rings. The largest absolute Gasteiger partial charge is 0.480 e. The summed E-state index contributed by atoms with van der Waals surface area (Å²) in [4.78, 5) is 30.2. The lowest BCUT2D eigenvalue weighted by atomic mass is 10.1. The van der Waals surface area contributed by atoms with Crippen LogP contribution in [0.2, 0.25) is 0 Å². The molecule has 2 saturated carbocycles. The molecule has 1 aromatic heterocycles. The van der Waals surface area contributed by atoms with Crippen molar-refractivity contribution in [2.75, 3.05) is 24.7 Å². The van der Waals surface area contributed by atoms with Crippen molar-refractivity contribution >= 4 is 23.6 Å². The van der Waals surface area contributed by atoms with Crippen molar-refractivity contribution in [1.29, 1.82) is 0 Å². The highest BCUT2D eigenvalue weighted by molar-refractivity contribution is 7.99. The van der Waals surface area contributed by atoms with Gasteiger partial charge in [0.1, 0.15) is 11.7 Å². The van der Waals surface area contributed by atoms with Crippen LogP contribution in [0, 0.1) is 5.92 Å². The first-order chi connectivity index (χ1) is 12.1. The monoisotopic (exact) mass is 362 g/mol. The first-order valence-electron chi connectivity index (χ1n) is 8.88. The first kappa shape index (κ1) is 16.7. The average Bonchev–Trinajstić information content (AvgIpc) is 3.53. The number of nitrogens with zero attached hydrogens (tertiary/aromatic N) is 2. The molecule has 3 fully saturated rings. The number of carbonyl (C=O) groups is 2. The van der Waals surface area contributed by atoms with Gasteiger partial charge in [-0.25, -0.2) is 9.78 Å². The van der Waals surface area contributed by atoms with Gasteiger partial charge in [0, 0.05) is 23.6 Å². The lowest BCUT2D eigenvalue weighted by Crippen LogP contribution is -2.50. The summed E-state index contributed by atoms with van der Waals surface area (Å²) in [6.07, 6.45) is 4.67. The standard InChI is InChI=1S/C18H22N2O4S/c21-17(20-7-8-25-10-15(20)18(22)23)14-6-5-13(12-3-4-12)16(19-14)24-9-11-1-2-11/h5-6,11-12,15H,1-4,7-10H2,(H,22,23). The molecular weight excluding hydrogens is 340 g/mol. The quantitative estimate of drug-likeness (QED) is 0.837. The zero-order chi connectivity index (χ0) is 17.4. The van der Waals surface area contributed by atoms with E-state index >= 15 is 0 Å². The molecule has 4 rings (SSSR count). The van der Waals surface area contributed by atoms with E-state index in [1.54, 1.807) is 17.8 Å². The molecule has 3 aliphatic rings. The second-order valence-electron chi connectivity index (χ2n) is 7.05. The molecule has 1 saturated heterocycles. The molecule has 0 aromatic carbocycles. The molecule has 2 heterocycles. The van der Waals surface area contributed by atoms with E-state index in [9.17, 15) is 14.7 Å². The maximum atomic E-state index is 12.8. The number of carbonyl (C=O) groups excluding carboxylic acids is 1. The second kappa shape index (κ2) is 6.86. The number of thioether (sulfide) groups is 1. The number of hydrogen-bond acceptors (Lipinski definition) is 5. The molecule has 134 valence electrons. The summed E-state index contributed by atoms with van der Waals surface area (Å²) < 4.78 is 5.91. The Morgan fingerprint density at radius 2 is 2.08 bits per heavy atom. The van der Waals surface area contributed by atoms with Gasteiger partial charge in [-0.2, -0.15) is 11.8 Å². The third-order valence-corrected chi connectivity index (χ3v) is 5.98. The van der Waals surface area contributed by atoms with Crippen molar-refractivity contribution < 1.29 is 19.4 Å². The minimum absolute atomic E-state index is 0.286. The van der Waals surface area contributed by atoms with Crippen LogP contribution in [0.1, 0.15) is 47.7 Å². The Balaban J connectivity index is 1.56.